The molecule has 136 valence electrons. The highest BCUT2D eigenvalue weighted by atomic mass is 127. The molecule has 1 aliphatic rings. The fraction of sp³-hybridized carbons (Fsp3) is 0.294. The molecule has 0 radical (unpaired) electrons. The van der Waals surface area contributed by atoms with Gasteiger partial charge in [-0.1, -0.05) is 6.07 Å². The number of aliphatic imine (C=N–C) groups is 1. The number of aromatic nitrogens is 4. The predicted octanol–water partition coefficient (Wildman–Crippen LogP) is 1.38. The van der Waals surface area contributed by atoms with Crippen LogP contribution in [0.4, 0.5) is 5.95 Å². The van der Waals surface area contributed by atoms with Crippen LogP contribution >= 0.6 is 24.0 Å². The smallest absolute Gasteiger partial charge is 0.225 e. The zero-order chi connectivity index (χ0) is 17.1. The summed E-state index contributed by atoms with van der Waals surface area (Å²) in [6, 6.07) is 7.81. The van der Waals surface area contributed by atoms with E-state index < -0.39 is 0 Å². The van der Waals surface area contributed by atoms with Crippen LogP contribution < -0.4 is 10.6 Å². The normalized spacial score (nSPS) is 15.2. The highest BCUT2D eigenvalue weighted by Crippen LogP contribution is 2.12. The van der Waals surface area contributed by atoms with Gasteiger partial charge in [-0.05, 0) is 18.2 Å². The topological polar surface area (TPSA) is 87.9 Å². The maximum atomic E-state index is 6.19. The van der Waals surface area contributed by atoms with E-state index in [2.05, 4.69) is 29.9 Å². The lowest BCUT2D eigenvalue weighted by molar-refractivity contribution is 0.378. The lowest BCUT2D eigenvalue weighted by atomic mass is 10.2. The molecule has 2 N–H and O–H groups in total. The number of hydrogen-bond acceptors (Lipinski definition) is 5. The van der Waals surface area contributed by atoms with Crippen LogP contribution in [0.15, 0.2) is 54.0 Å². The molecular weight excluding hydrogens is 443 g/mol. The lowest BCUT2D eigenvalue weighted by Gasteiger charge is -2.35. The minimum atomic E-state index is 0. The number of hydrogen-bond donors (Lipinski definition) is 1. The molecule has 0 amide bonds. The monoisotopic (exact) mass is 464 g/mol. The second kappa shape index (κ2) is 8.30. The van der Waals surface area contributed by atoms with Crippen molar-refractivity contribution in [2.45, 2.75) is 6.54 Å². The Hall–Kier alpha value is -2.43. The number of nitrogens with two attached hydrogens (primary N) is 1. The second-order valence-electron chi connectivity index (χ2n) is 5.90. The fourth-order valence-corrected chi connectivity index (χ4v) is 2.97. The van der Waals surface area contributed by atoms with E-state index >= 15 is 0 Å². The molecule has 8 nitrogen and oxygen atoms in total. The van der Waals surface area contributed by atoms with Gasteiger partial charge >= 0.3 is 0 Å². The predicted molar refractivity (Wildman–Crippen MR) is 112 cm³/mol. The van der Waals surface area contributed by atoms with Crippen molar-refractivity contribution in [1.29, 1.82) is 0 Å². The van der Waals surface area contributed by atoms with Gasteiger partial charge < -0.3 is 15.5 Å². The number of guanidine groups is 1. The van der Waals surface area contributed by atoms with Crippen LogP contribution in [0, 0.1) is 0 Å². The van der Waals surface area contributed by atoms with E-state index in [0.29, 0.717) is 12.5 Å². The molecule has 26 heavy (non-hydrogen) atoms. The van der Waals surface area contributed by atoms with E-state index in [0.717, 1.165) is 43.2 Å². The van der Waals surface area contributed by atoms with Gasteiger partial charge in [0.2, 0.25) is 5.95 Å². The average molecular weight is 464 g/mol. The van der Waals surface area contributed by atoms with Crippen LogP contribution in [-0.4, -0.2) is 56.6 Å². The summed E-state index contributed by atoms with van der Waals surface area (Å²) in [5, 5.41) is 4.33. The summed E-state index contributed by atoms with van der Waals surface area (Å²) in [6.07, 6.45) is 7.30. The molecule has 3 aromatic rings. The molecule has 9 heteroatoms. The highest BCUT2D eigenvalue weighted by Gasteiger charge is 2.19. The Morgan fingerprint density at radius 1 is 1.08 bits per heavy atom. The molecule has 0 atom stereocenters. The number of rotatable bonds is 3. The van der Waals surface area contributed by atoms with E-state index in [1.54, 1.807) is 12.4 Å². The van der Waals surface area contributed by atoms with Crippen molar-refractivity contribution < 1.29 is 0 Å². The van der Waals surface area contributed by atoms with Crippen LogP contribution in [0.3, 0.4) is 0 Å². The molecular formula is C17H21IN8. The largest absolute Gasteiger partial charge is 0.370 e. The third kappa shape index (κ3) is 3.87. The number of nitrogens with zero attached hydrogens (tertiary/aromatic N) is 7. The molecule has 0 bridgehead atoms. The van der Waals surface area contributed by atoms with E-state index in [9.17, 15) is 0 Å². The summed E-state index contributed by atoms with van der Waals surface area (Å²) >= 11 is 0. The quantitative estimate of drug-likeness (QED) is 0.358. The van der Waals surface area contributed by atoms with Crippen molar-refractivity contribution in [2.24, 2.45) is 10.7 Å². The summed E-state index contributed by atoms with van der Waals surface area (Å²) in [5.41, 5.74) is 8.32. The second-order valence-corrected chi connectivity index (χ2v) is 5.90. The van der Waals surface area contributed by atoms with Gasteiger partial charge in [-0.15, -0.1) is 24.0 Å². The molecule has 1 saturated heterocycles. The first-order valence-corrected chi connectivity index (χ1v) is 8.29. The fourth-order valence-electron chi connectivity index (χ4n) is 2.97. The number of anilines is 1. The standard InChI is InChI=1S/C17H20N8.HI/c18-16(21-12-14-13-22-25-7-2-1-4-15(14)25)23-8-10-24(11-9-23)17-19-5-3-6-20-17;/h1-7,13H,8-12H2,(H2,18,21);1H. The van der Waals surface area contributed by atoms with E-state index in [1.165, 1.54) is 0 Å². The number of fused-ring (bicyclic) bond motifs is 1. The van der Waals surface area contributed by atoms with Gasteiger partial charge in [0.1, 0.15) is 0 Å². The number of pyridine rings is 1. The highest BCUT2D eigenvalue weighted by molar-refractivity contribution is 14.0. The van der Waals surface area contributed by atoms with E-state index in [4.69, 9.17) is 5.73 Å². The van der Waals surface area contributed by atoms with Crippen molar-refractivity contribution in [3.63, 3.8) is 0 Å². The number of halogens is 1. The maximum Gasteiger partial charge on any atom is 0.225 e. The van der Waals surface area contributed by atoms with Gasteiger partial charge in [0.15, 0.2) is 5.96 Å². The minimum Gasteiger partial charge on any atom is -0.370 e. The van der Waals surface area contributed by atoms with Crippen LogP contribution in [0.25, 0.3) is 5.52 Å². The Balaban J connectivity index is 0.00000196. The Bertz CT molecular complexity index is 871. The van der Waals surface area contributed by atoms with Crippen molar-refractivity contribution in [3.8, 4) is 0 Å². The van der Waals surface area contributed by atoms with E-state index in [1.807, 2.05) is 41.2 Å². The lowest BCUT2D eigenvalue weighted by Crippen LogP contribution is -2.51. The van der Waals surface area contributed by atoms with Crippen LogP contribution in [-0.2, 0) is 6.54 Å². The molecule has 0 aromatic carbocycles. The first kappa shape index (κ1) is 18.4. The molecule has 3 aromatic heterocycles. The summed E-state index contributed by atoms with van der Waals surface area (Å²) in [7, 11) is 0. The van der Waals surface area contributed by atoms with Crippen molar-refractivity contribution in [1.82, 2.24) is 24.5 Å². The summed E-state index contributed by atoms with van der Waals surface area (Å²) in [5.74, 6) is 1.34. The Morgan fingerprint density at radius 2 is 1.85 bits per heavy atom. The third-order valence-electron chi connectivity index (χ3n) is 4.36. The Morgan fingerprint density at radius 3 is 2.62 bits per heavy atom. The number of piperazine rings is 1. The molecule has 1 aliphatic heterocycles. The van der Waals surface area contributed by atoms with Crippen molar-refractivity contribution in [2.75, 3.05) is 31.1 Å². The van der Waals surface area contributed by atoms with Gasteiger partial charge in [0, 0.05) is 50.3 Å². The zero-order valence-electron chi connectivity index (χ0n) is 14.3. The first-order valence-electron chi connectivity index (χ1n) is 8.29. The zero-order valence-corrected chi connectivity index (χ0v) is 16.6. The minimum absolute atomic E-state index is 0. The summed E-state index contributed by atoms with van der Waals surface area (Å²) in [4.78, 5) is 17.4. The Labute approximate surface area is 168 Å². The van der Waals surface area contributed by atoms with Crippen LogP contribution in [0.5, 0.6) is 0 Å². The molecule has 0 aliphatic carbocycles. The van der Waals surface area contributed by atoms with Crippen LogP contribution in [0.1, 0.15) is 5.56 Å². The first-order chi connectivity index (χ1) is 12.3. The molecule has 1 fully saturated rings. The van der Waals surface area contributed by atoms with Gasteiger partial charge in [-0.3, -0.25) is 0 Å². The van der Waals surface area contributed by atoms with Gasteiger partial charge in [-0.25, -0.2) is 19.5 Å². The third-order valence-corrected chi connectivity index (χ3v) is 4.36. The average Bonchev–Trinajstić information content (AvgIpc) is 3.10. The van der Waals surface area contributed by atoms with Crippen molar-refractivity contribution >= 4 is 41.4 Å². The summed E-state index contributed by atoms with van der Waals surface area (Å²) in [6.45, 7) is 3.81. The molecule has 0 spiro atoms. The molecule has 4 heterocycles. The van der Waals surface area contributed by atoms with Gasteiger partial charge in [0.25, 0.3) is 0 Å². The summed E-state index contributed by atoms with van der Waals surface area (Å²) < 4.78 is 1.85. The van der Waals surface area contributed by atoms with Gasteiger partial charge in [-0.2, -0.15) is 5.10 Å². The molecule has 4 rings (SSSR count). The van der Waals surface area contributed by atoms with E-state index in [-0.39, 0.29) is 24.0 Å². The van der Waals surface area contributed by atoms with Crippen LogP contribution in [0.2, 0.25) is 0 Å². The van der Waals surface area contributed by atoms with Gasteiger partial charge in [0.05, 0.1) is 18.3 Å². The van der Waals surface area contributed by atoms with Crippen molar-refractivity contribution in [3.05, 3.63) is 54.6 Å². The SMILES string of the molecule is I.NC(=NCc1cnn2ccccc12)N1CCN(c2ncccn2)CC1. The maximum absolute atomic E-state index is 6.19. The molecule has 0 saturated carbocycles. The Kier molecular flexibility index (Phi) is 5.86. The molecule has 0 unspecified atom stereocenters.